The fraction of sp³-hybridized carbons (Fsp3) is 0.571. The smallest absolute Gasteiger partial charge is 0.408 e. The molecule has 0 aliphatic heterocycles. The number of rotatable bonds is 15. The van der Waals surface area contributed by atoms with Gasteiger partial charge in [0.15, 0.2) is 0 Å². The molecule has 49 heavy (non-hydrogen) atoms. The lowest BCUT2D eigenvalue weighted by molar-refractivity contribution is -0.141. The first-order valence-corrected chi connectivity index (χ1v) is 16.8. The number of aliphatic carboxylic acids is 1. The standard InChI is InChI=1S/C35H49N5O9/c1-5-25(33(46)47)38-28(42)20-37-31(44)27(41)19-36-30(43)26(18-23-16-11-15-21-12-9-10-17-24(21)23)39-32(45)29(22-13-7-6-8-14-22)40-34(48)49-35(2,3)4/h5,11,15-16,22,25-26,29H,1,6-10,12-14,17-20H2,2-4H3,(H,36,43)(H,37,44)(H,38,42)(H,39,45)(H,40,48)(H,46,47)/t25-,26-,29-/m0/s1. The predicted octanol–water partition coefficient (Wildman–Crippen LogP) is 1.62. The first-order valence-electron chi connectivity index (χ1n) is 16.8. The number of benzene rings is 1. The van der Waals surface area contributed by atoms with Crippen molar-refractivity contribution in [2.45, 2.75) is 109 Å². The van der Waals surface area contributed by atoms with E-state index < -0.39 is 78.3 Å². The Kier molecular flexibility index (Phi) is 14.3. The van der Waals surface area contributed by atoms with Crippen LogP contribution < -0.4 is 26.6 Å². The van der Waals surface area contributed by atoms with Crippen molar-refractivity contribution >= 4 is 41.5 Å². The molecule has 1 aromatic carbocycles. The molecule has 268 valence electrons. The molecule has 3 rings (SSSR count). The fourth-order valence-electron chi connectivity index (χ4n) is 6.12. The van der Waals surface area contributed by atoms with Crippen LogP contribution in [0.4, 0.5) is 4.79 Å². The Morgan fingerprint density at radius 3 is 2.24 bits per heavy atom. The van der Waals surface area contributed by atoms with Gasteiger partial charge in [0, 0.05) is 6.42 Å². The van der Waals surface area contributed by atoms with Crippen molar-refractivity contribution in [2.24, 2.45) is 5.92 Å². The monoisotopic (exact) mass is 683 g/mol. The summed E-state index contributed by atoms with van der Waals surface area (Å²) in [5.41, 5.74) is 2.38. The number of hydrogen-bond acceptors (Lipinski definition) is 8. The highest BCUT2D eigenvalue weighted by atomic mass is 16.6. The molecule has 1 saturated carbocycles. The molecule has 1 fully saturated rings. The predicted molar refractivity (Wildman–Crippen MR) is 179 cm³/mol. The number of hydrogen-bond donors (Lipinski definition) is 6. The van der Waals surface area contributed by atoms with E-state index in [1.807, 2.05) is 18.2 Å². The van der Waals surface area contributed by atoms with Crippen molar-refractivity contribution in [1.29, 1.82) is 0 Å². The van der Waals surface area contributed by atoms with Gasteiger partial charge in [0.25, 0.3) is 5.91 Å². The first kappa shape index (κ1) is 38.7. The van der Waals surface area contributed by atoms with Crippen molar-refractivity contribution in [3.8, 4) is 0 Å². The van der Waals surface area contributed by atoms with Gasteiger partial charge in [0.2, 0.25) is 23.5 Å². The topological polar surface area (TPSA) is 209 Å². The molecule has 0 saturated heterocycles. The number of carboxylic acid groups (broad SMARTS) is 1. The minimum absolute atomic E-state index is 0.110. The Bertz CT molecular complexity index is 1410. The van der Waals surface area contributed by atoms with Crippen molar-refractivity contribution in [2.75, 3.05) is 13.1 Å². The minimum atomic E-state index is -1.38. The number of amides is 5. The van der Waals surface area contributed by atoms with Gasteiger partial charge in [-0.25, -0.2) is 9.59 Å². The van der Waals surface area contributed by atoms with Gasteiger partial charge in [-0.3, -0.25) is 24.0 Å². The van der Waals surface area contributed by atoms with E-state index in [-0.39, 0.29) is 12.3 Å². The lowest BCUT2D eigenvalue weighted by atomic mass is 9.83. The number of nitrogens with one attached hydrogen (secondary N) is 5. The van der Waals surface area contributed by atoms with Crippen LogP contribution in [0, 0.1) is 5.92 Å². The van der Waals surface area contributed by atoms with Crippen LogP contribution in [0.1, 0.15) is 82.4 Å². The van der Waals surface area contributed by atoms with Crippen molar-refractivity contribution in [1.82, 2.24) is 26.6 Å². The van der Waals surface area contributed by atoms with E-state index in [2.05, 4.69) is 33.2 Å². The Morgan fingerprint density at radius 1 is 0.898 bits per heavy atom. The quantitative estimate of drug-likeness (QED) is 0.117. The molecule has 1 aromatic rings. The molecule has 2 aliphatic rings. The zero-order valence-corrected chi connectivity index (χ0v) is 28.5. The number of carbonyl (C=O) groups is 7. The second-order valence-corrected chi connectivity index (χ2v) is 13.5. The molecule has 0 radical (unpaired) electrons. The van der Waals surface area contributed by atoms with Crippen LogP contribution in [0.5, 0.6) is 0 Å². The summed E-state index contributed by atoms with van der Waals surface area (Å²) in [7, 11) is 0. The third-order valence-corrected chi connectivity index (χ3v) is 8.53. The molecule has 0 heterocycles. The highest BCUT2D eigenvalue weighted by molar-refractivity contribution is 6.37. The summed E-state index contributed by atoms with van der Waals surface area (Å²) >= 11 is 0. The molecular weight excluding hydrogens is 634 g/mol. The van der Waals surface area contributed by atoms with Gasteiger partial charge in [-0.05, 0) is 81.9 Å². The maximum atomic E-state index is 13.9. The third-order valence-electron chi connectivity index (χ3n) is 8.53. The summed E-state index contributed by atoms with van der Waals surface area (Å²) in [6, 6.07) is 2.36. The summed E-state index contributed by atoms with van der Waals surface area (Å²) in [4.78, 5) is 88.3. The van der Waals surface area contributed by atoms with Gasteiger partial charge in [0.05, 0.1) is 13.1 Å². The number of fused-ring (bicyclic) bond motifs is 1. The van der Waals surface area contributed by atoms with Crippen LogP contribution in [0.15, 0.2) is 30.9 Å². The van der Waals surface area contributed by atoms with E-state index in [4.69, 9.17) is 9.84 Å². The number of Topliss-reactive ketones (excluding diaryl/α,β-unsaturated/α-hetero) is 1. The number of ketones is 1. The van der Waals surface area contributed by atoms with E-state index in [1.165, 1.54) is 5.56 Å². The summed E-state index contributed by atoms with van der Waals surface area (Å²) in [6.45, 7) is 7.06. The zero-order valence-electron chi connectivity index (χ0n) is 28.5. The molecule has 2 aliphatic carbocycles. The van der Waals surface area contributed by atoms with Crippen molar-refractivity contribution in [3.05, 3.63) is 47.5 Å². The number of carbonyl (C=O) groups excluding carboxylic acids is 6. The second-order valence-electron chi connectivity index (χ2n) is 13.5. The molecule has 14 heteroatoms. The maximum Gasteiger partial charge on any atom is 0.408 e. The largest absolute Gasteiger partial charge is 0.479 e. The Hall–Kier alpha value is -4.75. The van der Waals surface area contributed by atoms with Crippen LogP contribution >= 0.6 is 0 Å². The Balaban J connectivity index is 1.75. The molecule has 3 atom stereocenters. The lowest BCUT2D eigenvalue weighted by Crippen LogP contribution is -2.57. The third kappa shape index (κ3) is 12.3. The molecule has 14 nitrogen and oxygen atoms in total. The van der Waals surface area contributed by atoms with Gasteiger partial charge in [-0.15, -0.1) is 6.58 Å². The summed E-state index contributed by atoms with van der Waals surface area (Å²) in [5, 5.41) is 21.2. The highest BCUT2D eigenvalue weighted by Gasteiger charge is 2.35. The van der Waals surface area contributed by atoms with Gasteiger partial charge in [-0.1, -0.05) is 43.5 Å². The zero-order chi connectivity index (χ0) is 36.1. The molecule has 0 aromatic heterocycles. The fourth-order valence-corrected chi connectivity index (χ4v) is 6.12. The van der Waals surface area contributed by atoms with Crippen LogP contribution in [0.3, 0.4) is 0 Å². The first-order chi connectivity index (χ1) is 23.2. The Morgan fingerprint density at radius 2 is 1.59 bits per heavy atom. The van der Waals surface area contributed by atoms with Crippen LogP contribution in [-0.2, 0) is 52.8 Å². The maximum absolute atomic E-state index is 13.9. The van der Waals surface area contributed by atoms with E-state index in [1.54, 1.807) is 20.8 Å². The minimum Gasteiger partial charge on any atom is -0.479 e. The van der Waals surface area contributed by atoms with Gasteiger partial charge in [0.1, 0.15) is 23.7 Å². The van der Waals surface area contributed by atoms with Crippen LogP contribution in [-0.4, -0.2) is 83.4 Å². The molecule has 6 N–H and O–H groups in total. The lowest BCUT2D eigenvalue weighted by Gasteiger charge is -2.32. The molecule has 0 bridgehead atoms. The van der Waals surface area contributed by atoms with E-state index in [0.29, 0.717) is 12.8 Å². The molecular formula is C35H49N5O9. The molecule has 0 spiro atoms. The number of aryl methyl sites for hydroxylation is 1. The summed E-state index contributed by atoms with van der Waals surface area (Å²) in [5.74, 6) is -5.89. The summed E-state index contributed by atoms with van der Waals surface area (Å²) in [6.07, 6.45) is 8.36. The normalized spacial score (nSPS) is 16.4. The second kappa shape index (κ2) is 18.1. The van der Waals surface area contributed by atoms with Crippen molar-refractivity contribution < 1.29 is 43.4 Å². The van der Waals surface area contributed by atoms with Gasteiger partial charge in [-0.2, -0.15) is 0 Å². The van der Waals surface area contributed by atoms with E-state index in [0.717, 1.165) is 62.1 Å². The summed E-state index contributed by atoms with van der Waals surface area (Å²) < 4.78 is 5.44. The van der Waals surface area contributed by atoms with Gasteiger partial charge >= 0.3 is 12.1 Å². The average molecular weight is 684 g/mol. The van der Waals surface area contributed by atoms with Crippen LogP contribution in [0.25, 0.3) is 0 Å². The molecule has 5 amide bonds. The molecule has 0 unspecified atom stereocenters. The average Bonchev–Trinajstić information content (AvgIpc) is 3.06. The van der Waals surface area contributed by atoms with E-state index in [9.17, 15) is 33.6 Å². The number of alkyl carbamates (subject to hydrolysis) is 1. The van der Waals surface area contributed by atoms with Crippen molar-refractivity contribution in [3.63, 3.8) is 0 Å². The Labute approximate surface area is 286 Å². The highest BCUT2D eigenvalue weighted by Crippen LogP contribution is 2.28. The SMILES string of the molecule is C=C[C@H](NC(=O)CNC(=O)C(=O)CNC(=O)[C@H](Cc1cccc2c1CCCC2)NC(=O)[C@@H](NC(=O)OC(C)(C)C)C1CCCCC1)C(=O)O. The number of carboxylic acids is 1. The number of ether oxygens (including phenoxy) is 1. The van der Waals surface area contributed by atoms with Crippen LogP contribution in [0.2, 0.25) is 0 Å². The van der Waals surface area contributed by atoms with Gasteiger partial charge < -0.3 is 36.4 Å². The van der Waals surface area contributed by atoms with E-state index >= 15 is 0 Å².